The molecule has 1 fully saturated rings. The van der Waals surface area contributed by atoms with Crippen molar-refractivity contribution in [1.29, 1.82) is 0 Å². The molecule has 0 atom stereocenters. The predicted molar refractivity (Wildman–Crippen MR) is 107 cm³/mol. The maximum absolute atomic E-state index is 13.0. The second kappa shape index (κ2) is 10.5. The molecule has 164 valence electrons. The summed E-state index contributed by atoms with van der Waals surface area (Å²) in [4.78, 5) is 34.0. The van der Waals surface area contributed by atoms with Gasteiger partial charge in [-0.15, -0.1) is 0 Å². The molecule has 2 aliphatic rings. The highest BCUT2D eigenvalue weighted by Gasteiger charge is 2.36. The molecule has 0 bridgehead atoms. The van der Waals surface area contributed by atoms with Crippen molar-refractivity contribution in [3.63, 3.8) is 0 Å². The first-order valence-corrected chi connectivity index (χ1v) is 10.1. The summed E-state index contributed by atoms with van der Waals surface area (Å²) in [5.41, 5.74) is 0.998. The molecule has 0 aromatic heterocycles. The Kier molecular flexibility index (Phi) is 7.78. The monoisotopic (exact) mass is 421 g/mol. The van der Waals surface area contributed by atoms with Gasteiger partial charge >= 0.3 is 0 Å². The molecule has 0 unspecified atom stereocenters. The quantitative estimate of drug-likeness (QED) is 0.602. The third-order valence-corrected chi connectivity index (χ3v) is 5.36. The number of halogens is 1. The first kappa shape index (κ1) is 22.2. The number of amides is 2. The molecule has 2 aliphatic heterocycles. The van der Waals surface area contributed by atoms with Crippen molar-refractivity contribution < 1.29 is 28.7 Å². The zero-order valence-electron chi connectivity index (χ0n) is 17.2. The summed E-state index contributed by atoms with van der Waals surface area (Å²) in [5.74, 6) is -1.85. The van der Waals surface area contributed by atoms with Crippen molar-refractivity contribution >= 4 is 11.8 Å². The Labute approximate surface area is 175 Å². The average Bonchev–Trinajstić information content (AvgIpc) is 3.05. The fourth-order valence-electron chi connectivity index (χ4n) is 3.56. The Morgan fingerprint density at radius 2 is 1.93 bits per heavy atom. The number of ether oxygens (including phenoxy) is 1. The number of aryl methyl sites for hydroxylation is 1. The van der Waals surface area contributed by atoms with Gasteiger partial charge in [0.1, 0.15) is 5.82 Å². The van der Waals surface area contributed by atoms with E-state index in [0.29, 0.717) is 39.1 Å². The number of hydrogen-bond donors (Lipinski definition) is 1. The van der Waals surface area contributed by atoms with Gasteiger partial charge in [0.25, 0.3) is 11.8 Å². The van der Waals surface area contributed by atoms with E-state index in [4.69, 9.17) is 9.57 Å². The molecule has 1 aromatic carbocycles. The summed E-state index contributed by atoms with van der Waals surface area (Å²) in [5, 5.41) is 11.4. The fourth-order valence-corrected chi connectivity index (χ4v) is 3.56. The van der Waals surface area contributed by atoms with Crippen molar-refractivity contribution in [3.8, 4) is 0 Å². The Hall–Kier alpha value is -2.49. The number of hydrogen-bond acceptors (Lipinski definition) is 6. The van der Waals surface area contributed by atoms with Gasteiger partial charge in [0.05, 0.1) is 32.4 Å². The topological polar surface area (TPSA) is 82.5 Å². The molecular weight excluding hydrogens is 393 g/mol. The van der Waals surface area contributed by atoms with Crippen LogP contribution in [0.3, 0.4) is 0 Å². The van der Waals surface area contributed by atoms with Crippen LogP contribution in [0.4, 0.5) is 4.39 Å². The SMILES string of the molecule is CON(CCCc1ccc(F)cc1)C(=O)C1=C(O)C(=O)N(CCN2CCOCC2)C1. The average molecular weight is 421 g/mol. The number of morpholine rings is 1. The number of aliphatic hydroxyl groups excluding tert-OH is 1. The van der Waals surface area contributed by atoms with Gasteiger partial charge in [0, 0.05) is 32.7 Å². The molecule has 1 saturated heterocycles. The molecule has 0 aliphatic carbocycles. The molecule has 0 saturated carbocycles. The molecule has 8 nitrogen and oxygen atoms in total. The molecule has 2 amide bonds. The van der Waals surface area contributed by atoms with Gasteiger partial charge < -0.3 is 14.7 Å². The lowest BCUT2D eigenvalue weighted by Gasteiger charge is -2.28. The van der Waals surface area contributed by atoms with Gasteiger partial charge in [-0.05, 0) is 30.5 Å². The summed E-state index contributed by atoms with van der Waals surface area (Å²) < 4.78 is 18.3. The van der Waals surface area contributed by atoms with Gasteiger partial charge in [0.2, 0.25) is 0 Å². The lowest BCUT2D eigenvalue weighted by molar-refractivity contribution is -0.171. The van der Waals surface area contributed by atoms with Crippen LogP contribution in [-0.4, -0.2) is 91.4 Å². The molecular formula is C21H28FN3O5. The Morgan fingerprint density at radius 1 is 1.23 bits per heavy atom. The van der Waals surface area contributed by atoms with E-state index in [1.165, 1.54) is 24.1 Å². The largest absolute Gasteiger partial charge is 0.503 e. The highest BCUT2D eigenvalue weighted by atomic mass is 19.1. The zero-order valence-corrected chi connectivity index (χ0v) is 17.2. The van der Waals surface area contributed by atoms with Crippen molar-refractivity contribution in [2.75, 3.05) is 59.6 Å². The summed E-state index contributed by atoms with van der Waals surface area (Å²) in [6, 6.07) is 6.19. The van der Waals surface area contributed by atoms with Crippen LogP contribution < -0.4 is 0 Å². The van der Waals surface area contributed by atoms with Crippen molar-refractivity contribution in [1.82, 2.24) is 14.9 Å². The first-order valence-electron chi connectivity index (χ1n) is 10.1. The minimum Gasteiger partial charge on any atom is -0.503 e. The maximum Gasteiger partial charge on any atom is 0.289 e. The van der Waals surface area contributed by atoms with Crippen LogP contribution in [0, 0.1) is 5.82 Å². The number of carbonyl (C=O) groups is 2. The predicted octanol–water partition coefficient (Wildman–Crippen LogP) is 1.13. The normalized spacial score (nSPS) is 17.7. The first-order chi connectivity index (χ1) is 14.5. The highest BCUT2D eigenvalue weighted by Crippen LogP contribution is 2.20. The van der Waals surface area contributed by atoms with Gasteiger partial charge in [-0.3, -0.25) is 19.3 Å². The lowest BCUT2D eigenvalue weighted by Crippen LogP contribution is -2.42. The van der Waals surface area contributed by atoms with Crippen LogP contribution in [-0.2, 0) is 25.6 Å². The molecule has 9 heteroatoms. The summed E-state index contributed by atoms with van der Waals surface area (Å²) in [7, 11) is 1.38. The van der Waals surface area contributed by atoms with Crippen LogP contribution in [0.15, 0.2) is 35.6 Å². The number of rotatable bonds is 9. The molecule has 2 heterocycles. The van der Waals surface area contributed by atoms with Crippen molar-refractivity contribution in [2.45, 2.75) is 12.8 Å². The lowest BCUT2D eigenvalue weighted by atomic mass is 10.1. The Balaban J connectivity index is 1.51. The number of hydroxylamine groups is 2. The van der Waals surface area contributed by atoms with Gasteiger partial charge in [-0.2, -0.15) is 0 Å². The van der Waals surface area contributed by atoms with E-state index >= 15 is 0 Å². The second-order valence-corrected chi connectivity index (χ2v) is 7.33. The number of carbonyl (C=O) groups excluding carboxylic acids is 2. The van der Waals surface area contributed by atoms with Crippen LogP contribution in [0.2, 0.25) is 0 Å². The molecule has 0 spiro atoms. The fraction of sp³-hybridized carbons (Fsp3) is 0.524. The van der Waals surface area contributed by atoms with E-state index in [1.807, 2.05) is 0 Å². The van der Waals surface area contributed by atoms with Crippen molar-refractivity contribution in [2.24, 2.45) is 0 Å². The van der Waals surface area contributed by atoms with E-state index < -0.39 is 17.6 Å². The summed E-state index contributed by atoms with van der Waals surface area (Å²) in [6.45, 7) is 4.38. The van der Waals surface area contributed by atoms with E-state index in [1.54, 1.807) is 12.1 Å². The number of benzene rings is 1. The Bertz CT molecular complexity index is 777. The third kappa shape index (κ3) is 5.56. The van der Waals surface area contributed by atoms with Gasteiger partial charge in [-0.1, -0.05) is 12.1 Å². The highest BCUT2D eigenvalue weighted by molar-refractivity contribution is 6.06. The second-order valence-electron chi connectivity index (χ2n) is 7.33. The van der Waals surface area contributed by atoms with E-state index in [9.17, 15) is 19.1 Å². The molecule has 0 radical (unpaired) electrons. The van der Waals surface area contributed by atoms with E-state index in [-0.39, 0.29) is 24.5 Å². The van der Waals surface area contributed by atoms with Crippen LogP contribution >= 0.6 is 0 Å². The van der Waals surface area contributed by atoms with Crippen LogP contribution in [0.5, 0.6) is 0 Å². The van der Waals surface area contributed by atoms with Crippen LogP contribution in [0.1, 0.15) is 12.0 Å². The molecule has 1 N–H and O–H groups in total. The summed E-state index contributed by atoms with van der Waals surface area (Å²) >= 11 is 0. The van der Waals surface area contributed by atoms with E-state index in [0.717, 1.165) is 23.7 Å². The van der Waals surface area contributed by atoms with E-state index in [2.05, 4.69) is 4.90 Å². The van der Waals surface area contributed by atoms with Crippen molar-refractivity contribution in [3.05, 3.63) is 47.0 Å². The minimum atomic E-state index is -0.533. The third-order valence-electron chi connectivity index (χ3n) is 5.36. The zero-order chi connectivity index (χ0) is 21.5. The number of nitrogens with zero attached hydrogens (tertiary/aromatic N) is 3. The standard InChI is InChI=1S/C21H28FN3O5/c1-29-25(8-2-3-16-4-6-17(22)7-5-16)20(27)18-15-24(21(28)19(18)26)10-9-23-11-13-30-14-12-23/h4-7,26H,2-3,8-15H2,1H3. The minimum absolute atomic E-state index is 0.0469. The maximum atomic E-state index is 13.0. The molecule has 3 rings (SSSR count). The van der Waals surface area contributed by atoms with Gasteiger partial charge in [-0.25, -0.2) is 9.45 Å². The molecule has 1 aromatic rings. The molecule has 30 heavy (non-hydrogen) atoms. The van der Waals surface area contributed by atoms with Gasteiger partial charge in [0.15, 0.2) is 5.76 Å². The summed E-state index contributed by atoms with van der Waals surface area (Å²) in [6.07, 6.45) is 1.23. The Morgan fingerprint density at radius 3 is 2.60 bits per heavy atom. The smallest absolute Gasteiger partial charge is 0.289 e. The number of aliphatic hydroxyl groups is 1. The van der Waals surface area contributed by atoms with Crippen LogP contribution in [0.25, 0.3) is 0 Å².